The van der Waals surface area contributed by atoms with E-state index in [4.69, 9.17) is 0 Å². The first-order valence-electron chi connectivity index (χ1n) is 10.1. The van der Waals surface area contributed by atoms with Crippen molar-refractivity contribution >= 4 is 0 Å². The molecule has 156 valence electrons. The van der Waals surface area contributed by atoms with Gasteiger partial charge in [-0.3, -0.25) is 4.90 Å². The van der Waals surface area contributed by atoms with Gasteiger partial charge in [0.25, 0.3) is 0 Å². The predicted octanol–water partition coefficient (Wildman–Crippen LogP) is 4.26. The number of nitrogens with zero attached hydrogens (tertiary/aromatic N) is 2. The highest BCUT2D eigenvalue weighted by Crippen LogP contribution is 2.26. The van der Waals surface area contributed by atoms with Crippen LogP contribution >= 0.6 is 0 Å². The molecule has 1 N–H and O–H groups in total. The zero-order chi connectivity index (χ0) is 20.9. The number of hydrogen-bond acceptors (Lipinski definition) is 3. The molecule has 0 amide bonds. The van der Waals surface area contributed by atoms with E-state index in [-0.39, 0.29) is 17.7 Å². The molecule has 1 unspecified atom stereocenters. The molecule has 6 heteroatoms. The summed E-state index contributed by atoms with van der Waals surface area (Å²) < 4.78 is 39.9. The minimum Gasteiger partial charge on any atom is -0.311 e. The Hall–Kier alpha value is -2.70. The number of halogens is 3. The van der Waals surface area contributed by atoms with Crippen LogP contribution in [0, 0.1) is 17.6 Å². The number of aromatic nitrogens is 1. The lowest BCUT2D eigenvalue weighted by Crippen LogP contribution is -2.44. The van der Waals surface area contributed by atoms with E-state index in [0.29, 0.717) is 6.54 Å². The first-order chi connectivity index (χ1) is 14.6. The van der Waals surface area contributed by atoms with Gasteiger partial charge in [-0.15, -0.1) is 0 Å². The Morgan fingerprint density at radius 2 is 1.67 bits per heavy atom. The van der Waals surface area contributed by atoms with E-state index in [0.717, 1.165) is 54.7 Å². The van der Waals surface area contributed by atoms with Crippen molar-refractivity contribution in [1.82, 2.24) is 15.2 Å². The molecule has 0 bridgehead atoms. The quantitative estimate of drug-likeness (QED) is 0.465. The Morgan fingerprint density at radius 3 is 2.43 bits per heavy atom. The number of rotatable bonds is 7. The molecule has 3 aromatic rings. The molecule has 1 aliphatic rings. The Bertz CT molecular complexity index is 974. The van der Waals surface area contributed by atoms with E-state index >= 15 is 0 Å². The van der Waals surface area contributed by atoms with Crippen molar-refractivity contribution in [3.05, 3.63) is 101 Å². The monoisotopic (exact) mass is 411 g/mol. The third kappa shape index (κ3) is 5.26. The van der Waals surface area contributed by atoms with Crippen molar-refractivity contribution in [3.8, 4) is 0 Å². The van der Waals surface area contributed by atoms with Crippen LogP contribution in [0.15, 0.2) is 60.8 Å². The average Bonchev–Trinajstić information content (AvgIpc) is 2.74. The van der Waals surface area contributed by atoms with Gasteiger partial charge in [0.15, 0.2) is 0 Å². The second-order valence-corrected chi connectivity index (χ2v) is 7.74. The molecule has 0 spiro atoms. The third-order valence-corrected chi connectivity index (χ3v) is 5.59. The fourth-order valence-corrected chi connectivity index (χ4v) is 3.99. The van der Waals surface area contributed by atoms with E-state index in [9.17, 15) is 13.2 Å². The lowest BCUT2D eigenvalue weighted by atomic mass is 9.90. The van der Waals surface area contributed by atoms with Gasteiger partial charge in [0.2, 0.25) is 5.95 Å². The van der Waals surface area contributed by atoms with Gasteiger partial charge < -0.3 is 5.32 Å². The van der Waals surface area contributed by atoms with Crippen LogP contribution in [0.3, 0.4) is 0 Å². The van der Waals surface area contributed by atoms with E-state index < -0.39 is 5.95 Å². The topological polar surface area (TPSA) is 28.2 Å². The Balaban J connectivity index is 1.41. The fraction of sp³-hybridized carbons (Fsp3) is 0.292. The van der Waals surface area contributed by atoms with Gasteiger partial charge in [-0.05, 0) is 65.4 Å². The number of nitrogens with one attached hydrogen (secondary N) is 1. The van der Waals surface area contributed by atoms with E-state index in [1.807, 2.05) is 18.2 Å². The first-order valence-corrected chi connectivity index (χ1v) is 10.1. The smallest absolute Gasteiger partial charge is 0.212 e. The van der Waals surface area contributed by atoms with Crippen molar-refractivity contribution < 1.29 is 13.2 Å². The highest BCUT2D eigenvalue weighted by molar-refractivity contribution is 5.32. The fourth-order valence-electron chi connectivity index (χ4n) is 3.99. The Labute approximate surface area is 174 Å². The second kappa shape index (κ2) is 9.41. The van der Waals surface area contributed by atoms with Crippen LogP contribution < -0.4 is 5.32 Å². The highest BCUT2D eigenvalue weighted by atomic mass is 19.1. The molecule has 0 aliphatic carbocycles. The third-order valence-electron chi connectivity index (χ3n) is 5.59. The summed E-state index contributed by atoms with van der Waals surface area (Å²) in [5, 5.41) is 3.38. The lowest BCUT2D eigenvalue weighted by Gasteiger charge is -2.37. The van der Waals surface area contributed by atoms with Crippen LogP contribution in [-0.2, 0) is 25.9 Å². The zero-order valence-corrected chi connectivity index (χ0v) is 16.6. The molecule has 0 saturated heterocycles. The summed E-state index contributed by atoms with van der Waals surface area (Å²) in [7, 11) is 0. The van der Waals surface area contributed by atoms with Crippen LogP contribution in [0.4, 0.5) is 13.2 Å². The van der Waals surface area contributed by atoms with E-state index in [1.54, 1.807) is 12.1 Å². The maximum absolute atomic E-state index is 13.7. The molecule has 1 aromatic heterocycles. The van der Waals surface area contributed by atoms with Crippen LogP contribution in [0.25, 0.3) is 0 Å². The standard InChI is InChI=1S/C24H24F3N3/c25-21-5-1-17(2-6-21)11-23-13-20-12-22(26)7-4-19(20)16-30(23)10-9-28-14-18-3-8-24(27)29-15-18/h1-8,12,15,23,28H,9-11,13-14,16H2. The van der Waals surface area contributed by atoms with Gasteiger partial charge in [-0.1, -0.05) is 24.3 Å². The molecule has 1 atom stereocenters. The molecule has 0 radical (unpaired) electrons. The number of hydrogen-bond donors (Lipinski definition) is 1. The molecule has 4 rings (SSSR count). The molecule has 30 heavy (non-hydrogen) atoms. The maximum atomic E-state index is 13.7. The van der Waals surface area contributed by atoms with Gasteiger partial charge >= 0.3 is 0 Å². The first kappa shape index (κ1) is 20.6. The zero-order valence-electron chi connectivity index (χ0n) is 16.6. The summed E-state index contributed by atoms with van der Waals surface area (Å²) in [4.78, 5) is 6.06. The van der Waals surface area contributed by atoms with Gasteiger partial charge in [-0.2, -0.15) is 4.39 Å². The summed E-state index contributed by atoms with van der Waals surface area (Å²) >= 11 is 0. The van der Waals surface area contributed by atoms with Gasteiger partial charge in [0.05, 0.1) is 0 Å². The van der Waals surface area contributed by atoms with E-state index in [2.05, 4.69) is 15.2 Å². The van der Waals surface area contributed by atoms with Gasteiger partial charge in [0.1, 0.15) is 11.6 Å². The molecule has 2 aromatic carbocycles. The van der Waals surface area contributed by atoms with Crippen molar-refractivity contribution in [2.24, 2.45) is 0 Å². The number of benzene rings is 2. The Kier molecular flexibility index (Phi) is 6.45. The summed E-state index contributed by atoms with van der Waals surface area (Å²) in [5.41, 5.74) is 4.19. The summed E-state index contributed by atoms with van der Waals surface area (Å²) in [6, 6.07) is 14.9. The Morgan fingerprint density at radius 1 is 0.900 bits per heavy atom. The molecular weight excluding hydrogens is 387 g/mol. The van der Waals surface area contributed by atoms with Crippen molar-refractivity contribution in [2.75, 3.05) is 13.1 Å². The van der Waals surface area contributed by atoms with Crippen molar-refractivity contribution in [1.29, 1.82) is 0 Å². The van der Waals surface area contributed by atoms with Gasteiger partial charge in [-0.25, -0.2) is 13.8 Å². The largest absolute Gasteiger partial charge is 0.311 e. The minimum absolute atomic E-state index is 0.207. The van der Waals surface area contributed by atoms with Gasteiger partial charge in [0, 0.05) is 38.4 Å². The van der Waals surface area contributed by atoms with Crippen LogP contribution in [0.2, 0.25) is 0 Å². The molecule has 0 fully saturated rings. The molecule has 0 saturated carbocycles. The van der Waals surface area contributed by atoms with Crippen molar-refractivity contribution in [3.63, 3.8) is 0 Å². The SMILES string of the molecule is Fc1ccc(CC2Cc3cc(F)ccc3CN2CCNCc2ccc(F)nc2)cc1. The van der Waals surface area contributed by atoms with E-state index in [1.165, 1.54) is 30.5 Å². The molecule has 1 aliphatic heterocycles. The average molecular weight is 411 g/mol. The van der Waals surface area contributed by atoms with Crippen molar-refractivity contribution in [2.45, 2.75) is 32.0 Å². The number of fused-ring (bicyclic) bond motifs is 1. The summed E-state index contributed by atoms with van der Waals surface area (Å²) in [6.07, 6.45) is 3.07. The minimum atomic E-state index is -0.481. The lowest BCUT2D eigenvalue weighted by molar-refractivity contribution is 0.170. The molecule has 2 heterocycles. The number of pyridine rings is 1. The second-order valence-electron chi connectivity index (χ2n) is 7.74. The maximum Gasteiger partial charge on any atom is 0.212 e. The summed E-state index contributed by atoms with van der Waals surface area (Å²) in [5.74, 6) is -0.936. The molecule has 3 nitrogen and oxygen atoms in total. The molecular formula is C24H24F3N3. The highest BCUT2D eigenvalue weighted by Gasteiger charge is 2.26. The van der Waals surface area contributed by atoms with Crippen LogP contribution in [0.5, 0.6) is 0 Å². The summed E-state index contributed by atoms with van der Waals surface area (Å²) in [6.45, 7) is 2.94. The predicted molar refractivity (Wildman–Crippen MR) is 110 cm³/mol. The van der Waals surface area contributed by atoms with Crippen LogP contribution in [0.1, 0.15) is 22.3 Å². The van der Waals surface area contributed by atoms with Crippen LogP contribution in [-0.4, -0.2) is 29.0 Å². The normalized spacial score (nSPS) is 16.4.